The van der Waals surface area contributed by atoms with Gasteiger partial charge in [0.25, 0.3) is 5.91 Å². The van der Waals surface area contributed by atoms with Gasteiger partial charge < -0.3 is 20.1 Å². The predicted octanol–water partition coefficient (Wildman–Crippen LogP) is 0.446. The summed E-state index contributed by atoms with van der Waals surface area (Å²) in [4.78, 5) is 12.8. The predicted molar refractivity (Wildman–Crippen MR) is 100 cm³/mol. The van der Waals surface area contributed by atoms with Gasteiger partial charge in [0.1, 0.15) is 5.75 Å². The maximum atomic E-state index is 12.9. The Kier molecular flexibility index (Phi) is 6.69. The van der Waals surface area contributed by atoms with Crippen LogP contribution in [-0.2, 0) is 14.8 Å². The number of carbonyl (C=O) groups is 1. The lowest BCUT2D eigenvalue weighted by Gasteiger charge is -2.26. The number of nitrogens with zero attached hydrogens (tertiary/aromatic N) is 1. The van der Waals surface area contributed by atoms with Gasteiger partial charge in [-0.15, -0.1) is 0 Å². The van der Waals surface area contributed by atoms with Crippen molar-refractivity contribution < 1.29 is 22.7 Å². The summed E-state index contributed by atoms with van der Waals surface area (Å²) in [6.07, 6.45) is 2.16. The van der Waals surface area contributed by atoms with Crippen molar-refractivity contribution in [1.29, 1.82) is 0 Å². The van der Waals surface area contributed by atoms with E-state index in [-0.39, 0.29) is 16.4 Å². The summed E-state index contributed by atoms with van der Waals surface area (Å²) in [5, 5.41) is 6.23. The molecule has 0 bridgehead atoms. The number of sulfonamides is 1. The number of amides is 1. The molecule has 1 amide bonds. The second-order valence-electron chi connectivity index (χ2n) is 6.80. The lowest BCUT2D eigenvalue weighted by molar-refractivity contribution is 0.0730. The third-order valence-electron chi connectivity index (χ3n) is 4.97. The van der Waals surface area contributed by atoms with Crippen LogP contribution in [0.3, 0.4) is 0 Å². The van der Waals surface area contributed by atoms with Gasteiger partial charge in [-0.2, -0.15) is 4.31 Å². The fourth-order valence-corrected chi connectivity index (χ4v) is 4.83. The average Bonchev–Trinajstić information content (AvgIpc) is 2.73. The quantitative estimate of drug-likeness (QED) is 0.723. The maximum absolute atomic E-state index is 12.9. The normalized spacial score (nSPS) is 21.6. The molecule has 2 aliphatic heterocycles. The third-order valence-corrected chi connectivity index (χ3v) is 6.87. The molecule has 2 heterocycles. The number of carbonyl (C=O) groups excluding carboxylic acids is 1. The molecule has 3 rings (SSSR count). The highest BCUT2D eigenvalue weighted by Gasteiger charge is 2.28. The fraction of sp³-hybridized carbons (Fsp3) is 0.611. The van der Waals surface area contributed by atoms with Gasteiger partial charge >= 0.3 is 0 Å². The van der Waals surface area contributed by atoms with Gasteiger partial charge in [0.2, 0.25) is 10.0 Å². The highest BCUT2D eigenvalue weighted by atomic mass is 32.2. The first-order valence-electron chi connectivity index (χ1n) is 9.27. The van der Waals surface area contributed by atoms with E-state index in [0.717, 1.165) is 25.9 Å². The van der Waals surface area contributed by atoms with Crippen LogP contribution in [0.25, 0.3) is 0 Å². The number of hydrogen-bond acceptors (Lipinski definition) is 6. The van der Waals surface area contributed by atoms with Gasteiger partial charge in [-0.05, 0) is 50.0 Å². The lowest BCUT2D eigenvalue weighted by atomic mass is 9.99. The van der Waals surface area contributed by atoms with Crippen LogP contribution < -0.4 is 15.4 Å². The number of hydrogen-bond donors (Lipinski definition) is 2. The monoisotopic (exact) mass is 397 g/mol. The Morgan fingerprint density at radius 1 is 1.37 bits per heavy atom. The molecule has 2 saturated heterocycles. The van der Waals surface area contributed by atoms with Crippen LogP contribution in [0.5, 0.6) is 5.75 Å². The van der Waals surface area contributed by atoms with E-state index >= 15 is 0 Å². The first kappa shape index (κ1) is 20.1. The van der Waals surface area contributed by atoms with Crippen LogP contribution in [0, 0.1) is 5.92 Å². The fourth-order valence-electron chi connectivity index (χ4n) is 3.39. The molecule has 0 spiro atoms. The molecule has 9 heteroatoms. The summed E-state index contributed by atoms with van der Waals surface area (Å²) in [5.74, 6) is 0.417. The van der Waals surface area contributed by atoms with E-state index in [1.165, 1.54) is 29.6 Å². The molecular weight excluding hydrogens is 370 g/mol. The van der Waals surface area contributed by atoms with Crippen molar-refractivity contribution in [2.24, 2.45) is 5.92 Å². The standard InChI is InChI=1S/C18H27N3O5S/c1-25-17-5-4-15(27(23,24)21-7-9-26-10-8-21)11-16(17)18(22)20-13-14-3-2-6-19-12-14/h4-5,11,14,19H,2-3,6-10,12-13H2,1H3,(H,20,22). The summed E-state index contributed by atoms with van der Waals surface area (Å²) in [6, 6.07) is 4.41. The van der Waals surface area contributed by atoms with Gasteiger partial charge in [-0.3, -0.25) is 4.79 Å². The van der Waals surface area contributed by atoms with Crippen molar-refractivity contribution in [3.05, 3.63) is 23.8 Å². The Balaban J connectivity index is 1.77. The van der Waals surface area contributed by atoms with E-state index in [9.17, 15) is 13.2 Å². The highest BCUT2D eigenvalue weighted by Crippen LogP contribution is 2.25. The number of benzene rings is 1. The Bertz CT molecular complexity index is 756. The molecule has 1 unspecified atom stereocenters. The molecule has 2 aliphatic rings. The van der Waals surface area contributed by atoms with Crippen molar-refractivity contribution >= 4 is 15.9 Å². The molecule has 0 saturated carbocycles. The smallest absolute Gasteiger partial charge is 0.255 e. The van der Waals surface area contributed by atoms with Gasteiger partial charge in [0.15, 0.2) is 0 Å². The number of methoxy groups -OCH3 is 1. The van der Waals surface area contributed by atoms with Crippen LogP contribution >= 0.6 is 0 Å². The zero-order valence-corrected chi connectivity index (χ0v) is 16.4. The molecule has 2 N–H and O–H groups in total. The molecule has 1 aromatic rings. The molecule has 150 valence electrons. The topological polar surface area (TPSA) is 97.0 Å². The molecular formula is C18H27N3O5S. The SMILES string of the molecule is COc1ccc(S(=O)(=O)N2CCOCC2)cc1C(=O)NCC1CCCNC1. The Morgan fingerprint density at radius 2 is 2.15 bits per heavy atom. The third kappa shape index (κ3) is 4.78. The van der Waals surface area contributed by atoms with Crippen molar-refractivity contribution in [3.63, 3.8) is 0 Å². The summed E-state index contributed by atoms with van der Waals surface area (Å²) < 4.78 is 37.6. The Hall–Kier alpha value is -1.68. The molecule has 0 aromatic heterocycles. The van der Waals surface area contributed by atoms with Crippen molar-refractivity contribution in [1.82, 2.24) is 14.9 Å². The van der Waals surface area contributed by atoms with E-state index in [1.54, 1.807) is 0 Å². The van der Waals surface area contributed by atoms with Crippen LogP contribution in [0.15, 0.2) is 23.1 Å². The average molecular weight is 397 g/mol. The van der Waals surface area contributed by atoms with Crippen molar-refractivity contribution in [2.45, 2.75) is 17.7 Å². The van der Waals surface area contributed by atoms with E-state index in [2.05, 4.69) is 10.6 Å². The first-order chi connectivity index (χ1) is 13.0. The van der Waals surface area contributed by atoms with Gasteiger partial charge in [-0.1, -0.05) is 0 Å². The zero-order valence-electron chi connectivity index (χ0n) is 15.6. The number of morpholine rings is 1. The Labute approximate surface area is 160 Å². The summed E-state index contributed by atoms with van der Waals surface area (Å²) >= 11 is 0. The van der Waals surface area contributed by atoms with Crippen LogP contribution in [-0.4, -0.2) is 71.7 Å². The minimum absolute atomic E-state index is 0.0923. The van der Waals surface area contributed by atoms with Gasteiger partial charge in [0.05, 0.1) is 30.8 Å². The van der Waals surface area contributed by atoms with Gasteiger partial charge in [-0.25, -0.2) is 8.42 Å². The van der Waals surface area contributed by atoms with E-state index in [4.69, 9.17) is 9.47 Å². The van der Waals surface area contributed by atoms with E-state index in [1.807, 2.05) is 0 Å². The number of rotatable bonds is 6. The van der Waals surface area contributed by atoms with Crippen LogP contribution in [0.1, 0.15) is 23.2 Å². The van der Waals surface area contributed by atoms with Crippen molar-refractivity contribution in [2.75, 3.05) is 53.0 Å². The summed E-state index contributed by atoms with van der Waals surface area (Å²) in [7, 11) is -2.21. The molecule has 2 fully saturated rings. The first-order valence-corrected chi connectivity index (χ1v) is 10.7. The Morgan fingerprint density at radius 3 is 2.81 bits per heavy atom. The highest BCUT2D eigenvalue weighted by molar-refractivity contribution is 7.89. The summed E-state index contributed by atoms with van der Waals surface area (Å²) in [6.45, 7) is 3.81. The molecule has 8 nitrogen and oxygen atoms in total. The minimum atomic E-state index is -3.67. The maximum Gasteiger partial charge on any atom is 0.255 e. The van der Waals surface area contributed by atoms with Gasteiger partial charge in [0, 0.05) is 19.6 Å². The van der Waals surface area contributed by atoms with E-state index in [0.29, 0.717) is 44.5 Å². The molecule has 1 atom stereocenters. The number of piperidine rings is 1. The number of nitrogens with one attached hydrogen (secondary N) is 2. The van der Waals surface area contributed by atoms with Crippen LogP contribution in [0.4, 0.5) is 0 Å². The summed E-state index contributed by atoms with van der Waals surface area (Å²) in [5.41, 5.74) is 0.232. The van der Waals surface area contributed by atoms with Crippen molar-refractivity contribution in [3.8, 4) is 5.75 Å². The molecule has 0 radical (unpaired) electrons. The van der Waals surface area contributed by atoms with Crippen LogP contribution in [0.2, 0.25) is 0 Å². The molecule has 27 heavy (non-hydrogen) atoms. The number of ether oxygens (including phenoxy) is 2. The second kappa shape index (κ2) is 9.01. The largest absolute Gasteiger partial charge is 0.496 e. The minimum Gasteiger partial charge on any atom is -0.496 e. The molecule has 0 aliphatic carbocycles. The zero-order chi connectivity index (χ0) is 19.3. The lowest BCUT2D eigenvalue weighted by Crippen LogP contribution is -2.40. The van der Waals surface area contributed by atoms with E-state index < -0.39 is 10.0 Å². The molecule has 1 aromatic carbocycles. The second-order valence-corrected chi connectivity index (χ2v) is 8.74.